The Hall–Kier alpha value is -1.06. The molecule has 15 heavy (non-hydrogen) atoms. The Morgan fingerprint density at radius 1 is 1.27 bits per heavy atom. The van der Waals surface area contributed by atoms with Crippen LogP contribution in [0.4, 0.5) is 0 Å². The second kappa shape index (κ2) is 5.14. The average Bonchev–Trinajstić information content (AvgIpc) is 1.98. The van der Waals surface area contributed by atoms with Crippen LogP contribution in [0.15, 0.2) is 0 Å². The zero-order valence-corrected chi connectivity index (χ0v) is 10.5. The van der Waals surface area contributed by atoms with E-state index in [0.29, 0.717) is 12.5 Å². The predicted molar refractivity (Wildman–Crippen MR) is 58.3 cm³/mol. The van der Waals surface area contributed by atoms with Crippen molar-refractivity contribution in [3.63, 3.8) is 0 Å². The lowest BCUT2D eigenvalue weighted by molar-refractivity contribution is -0.167. The fourth-order valence-corrected chi connectivity index (χ4v) is 1.11. The number of nitrogens with zero attached hydrogens (tertiary/aromatic N) is 1. The van der Waals surface area contributed by atoms with Gasteiger partial charge in [0.25, 0.3) is 0 Å². The Morgan fingerprint density at radius 2 is 1.73 bits per heavy atom. The third-order valence-corrected chi connectivity index (χ3v) is 1.56. The lowest BCUT2D eigenvalue weighted by Crippen LogP contribution is -2.39. The maximum absolute atomic E-state index is 11.5. The van der Waals surface area contributed by atoms with Gasteiger partial charge in [0.05, 0.1) is 0 Å². The monoisotopic (exact) mass is 215 g/mol. The summed E-state index contributed by atoms with van der Waals surface area (Å²) in [5.74, 6) is -1.04. The van der Waals surface area contributed by atoms with Crippen molar-refractivity contribution >= 4 is 11.9 Å². The molecule has 0 aliphatic rings. The molecular formula is C11H21NO3. The van der Waals surface area contributed by atoms with Gasteiger partial charge in [-0.15, -0.1) is 0 Å². The van der Waals surface area contributed by atoms with Gasteiger partial charge in [0, 0.05) is 13.6 Å². The standard InChI is InChI=1S/C11H21NO3/c1-8(2)7-12(6)9(13)10(14)15-11(3,4)5/h8H,7H2,1-6H3. The van der Waals surface area contributed by atoms with Crippen molar-refractivity contribution in [2.24, 2.45) is 5.92 Å². The minimum Gasteiger partial charge on any atom is -0.453 e. The zero-order valence-electron chi connectivity index (χ0n) is 10.5. The van der Waals surface area contributed by atoms with Gasteiger partial charge in [-0.2, -0.15) is 0 Å². The van der Waals surface area contributed by atoms with Crippen molar-refractivity contribution in [2.45, 2.75) is 40.2 Å². The number of likely N-dealkylation sites (N-methyl/N-ethyl adjacent to an activating group) is 1. The van der Waals surface area contributed by atoms with Crippen LogP contribution < -0.4 is 0 Å². The number of hydrogen-bond donors (Lipinski definition) is 0. The fourth-order valence-electron chi connectivity index (χ4n) is 1.11. The Morgan fingerprint density at radius 3 is 2.07 bits per heavy atom. The summed E-state index contributed by atoms with van der Waals surface area (Å²) in [5.41, 5.74) is -0.620. The first kappa shape index (κ1) is 13.9. The van der Waals surface area contributed by atoms with Gasteiger partial charge in [-0.05, 0) is 26.7 Å². The van der Waals surface area contributed by atoms with E-state index in [1.165, 1.54) is 4.90 Å². The molecule has 0 saturated carbocycles. The second-order valence-corrected chi connectivity index (χ2v) is 5.08. The van der Waals surface area contributed by atoms with Crippen molar-refractivity contribution in [3.8, 4) is 0 Å². The molecule has 0 N–H and O–H groups in total. The van der Waals surface area contributed by atoms with Crippen LogP contribution in [0.1, 0.15) is 34.6 Å². The van der Waals surface area contributed by atoms with E-state index in [2.05, 4.69) is 0 Å². The molecule has 0 radical (unpaired) electrons. The Bertz CT molecular complexity index is 241. The van der Waals surface area contributed by atoms with Crippen molar-refractivity contribution in [3.05, 3.63) is 0 Å². The van der Waals surface area contributed by atoms with Gasteiger partial charge in [0.15, 0.2) is 0 Å². The van der Waals surface area contributed by atoms with E-state index in [4.69, 9.17) is 4.74 Å². The third-order valence-electron chi connectivity index (χ3n) is 1.56. The maximum Gasteiger partial charge on any atom is 0.397 e. The van der Waals surface area contributed by atoms with Gasteiger partial charge >= 0.3 is 11.9 Å². The second-order valence-electron chi connectivity index (χ2n) is 5.08. The van der Waals surface area contributed by atoms with Gasteiger partial charge in [0.2, 0.25) is 0 Å². The van der Waals surface area contributed by atoms with Crippen molar-refractivity contribution in [2.75, 3.05) is 13.6 Å². The van der Waals surface area contributed by atoms with Gasteiger partial charge in [-0.25, -0.2) is 4.79 Å². The van der Waals surface area contributed by atoms with E-state index in [1.807, 2.05) is 13.8 Å². The molecule has 4 heteroatoms. The van der Waals surface area contributed by atoms with Gasteiger partial charge in [-0.3, -0.25) is 4.79 Å². The van der Waals surface area contributed by atoms with Crippen molar-refractivity contribution in [1.29, 1.82) is 0 Å². The molecule has 0 aliphatic heterocycles. The highest BCUT2D eigenvalue weighted by Gasteiger charge is 2.25. The zero-order chi connectivity index (χ0) is 12.2. The SMILES string of the molecule is CC(C)CN(C)C(=O)C(=O)OC(C)(C)C. The number of esters is 1. The Kier molecular flexibility index (Phi) is 4.78. The summed E-state index contributed by atoms with van der Waals surface area (Å²) in [6.07, 6.45) is 0. The molecule has 0 aromatic heterocycles. The lowest BCUT2D eigenvalue weighted by atomic mass is 10.2. The smallest absolute Gasteiger partial charge is 0.397 e. The molecule has 0 saturated heterocycles. The molecule has 0 atom stereocenters. The normalized spacial score (nSPS) is 11.4. The first-order chi connectivity index (χ1) is 6.63. The molecule has 0 aliphatic carbocycles. The van der Waals surface area contributed by atoms with E-state index in [-0.39, 0.29) is 0 Å². The highest BCUT2D eigenvalue weighted by atomic mass is 16.6. The fraction of sp³-hybridized carbons (Fsp3) is 0.818. The molecule has 88 valence electrons. The Labute approximate surface area is 91.6 Å². The van der Waals surface area contributed by atoms with E-state index >= 15 is 0 Å². The van der Waals surface area contributed by atoms with Crippen LogP contribution >= 0.6 is 0 Å². The topological polar surface area (TPSA) is 46.6 Å². The number of ether oxygens (including phenoxy) is 1. The predicted octanol–water partition coefficient (Wildman–Crippen LogP) is 1.44. The summed E-state index contributed by atoms with van der Waals surface area (Å²) >= 11 is 0. The molecule has 0 unspecified atom stereocenters. The summed E-state index contributed by atoms with van der Waals surface area (Å²) in [4.78, 5) is 24.3. The van der Waals surface area contributed by atoms with Crippen LogP contribution in [0.2, 0.25) is 0 Å². The third kappa shape index (κ3) is 6.10. The highest BCUT2D eigenvalue weighted by Crippen LogP contribution is 2.08. The molecule has 0 heterocycles. The van der Waals surface area contributed by atoms with E-state index < -0.39 is 17.5 Å². The van der Waals surface area contributed by atoms with Crippen LogP contribution in [0.5, 0.6) is 0 Å². The van der Waals surface area contributed by atoms with Crippen LogP contribution in [-0.2, 0) is 14.3 Å². The average molecular weight is 215 g/mol. The van der Waals surface area contributed by atoms with Gasteiger partial charge in [-0.1, -0.05) is 13.8 Å². The first-order valence-electron chi connectivity index (χ1n) is 5.12. The minimum atomic E-state index is -0.786. The van der Waals surface area contributed by atoms with Crippen molar-refractivity contribution < 1.29 is 14.3 Å². The molecule has 0 aromatic carbocycles. The summed E-state index contributed by atoms with van der Waals surface area (Å²) < 4.78 is 4.97. The number of hydrogen-bond acceptors (Lipinski definition) is 3. The highest BCUT2D eigenvalue weighted by molar-refractivity contribution is 6.32. The van der Waals surface area contributed by atoms with Crippen LogP contribution in [-0.4, -0.2) is 36.0 Å². The van der Waals surface area contributed by atoms with Crippen LogP contribution in [0.3, 0.4) is 0 Å². The maximum atomic E-state index is 11.5. The van der Waals surface area contributed by atoms with Crippen molar-refractivity contribution in [1.82, 2.24) is 4.90 Å². The molecule has 1 amide bonds. The summed E-state index contributed by atoms with van der Waals surface area (Å²) in [7, 11) is 1.60. The summed E-state index contributed by atoms with van der Waals surface area (Å²) in [5, 5.41) is 0. The molecule has 4 nitrogen and oxygen atoms in total. The number of rotatable bonds is 2. The molecule has 0 fully saturated rings. The quantitative estimate of drug-likeness (QED) is 0.517. The summed E-state index contributed by atoms with van der Waals surface area (Å²) in [6, 6.07) is 0. The number of amides is 1. The molecule has 0 rings (SSSR count). The minimum absolute atomic E-state index is 0.335. The van der Waals surface area contributed by atoms with Gasteiger partial charge in [0.1, 0.15) is 5.60 Å². The number of carbonyl (C=O) groups is 2. The van der Waals surface area contributed by atoms with Crippen LogP contribution in [0, 0.1) is 5.92 Å². The molecule has 0 aromatic rings. The number of carbonyl (C=O) groups excluding carboxylic acids is 2. The summed E-state index contributed by atoms with van der Waals surface area (Å²) in [6.45, 7) is 9.73. The Balaban J connectivity index is 4.27. The van der Waals surface area contributed by atoms with Crippen LogP contribution in [0.25, 0.3) is 0 Å². The van der Waals surface area contributed by atoms with E-state index in [1.54, 1.807) is 27.8 Å². The largest absolute Gasteiger partial charge is 0.453 e. The molecule has 0 spiro atoms. The molecule has 0 bridgehead atoms. The van der Waals surface area contributed by atoms with E-state index in [9.17, 15) is 9.59 Å². The van der Waals surface area contributed by atoms with E-state index in [0.717, 1.165) is 0 Å². The molecular weight excluding hydrogens is 194 g/mol. The van der Waals surface area contributed by atoms with Gasteiger partial charge < -0.3 is 9.64 Å². The first-order valence-corrected chi connectivity index (χ1v) is 5.12. The lowest BCUT2D eigenvalue weighted by Gasteiger charge is -2.22.